The van der Waals surface area contributed by atoms with Gasteiger partial charge in [-0.05, 0) is 61.4 Å². The fourth-order valence-corrected chi connectivity index (χ4v) is 7.92. The third-order valence-corrected chi connectivity index (χ3v) is 10.4. The molecule has 1 aliphatic heterocycles. The lowest BCUT2D eigenvalue weighted by molar-refractivity contribution is -0.141. The number of benzene rings is 3. The molecule has 1 heterocycles. The van der Waals surface area contributed by atoms with Crippen molar-refractivity contribution in [2.75, 3.05) is 10.8 Å². The minimum Gasteiger partial charge on any atom is -0.352 e. The van der Waals surface area contributed by atoms with E-state index in [1.54, 1.807) is 43.3 Å². The van der Waals surface area contributed by atoms with Gasteiger partial charge in [0.1, 0.15) is 6.04 Å². The maximum absolute atomic E-state index is 13.6. The summed E-state index contributed by atoms with van der Waals surface area (Å²) in [5, 5.41) is 5.60. The number of anilines is 1. The summed E-state index contributed by atoms with van der Waals surface area (Å²) < 4.78 is 28.0. The standard InChI is InChI=1S/C30H33Cl2N3O4S/c1-20(30(37)33-24-10-3-2-4-11-24)34(19-22-15-16-23(31)18-25(22)32)28(36)14-7-17-35-26-12-5-8-21-9-6-13-27(29(21)26)40(35,38)39/h5-6,8-9,12-13,15-16,18,20,24H,2-4,7,10-11,14,17,19H2,1H3,(H,33,37). The van der Waals surface area contributed by atoms with E-state index >= 15 is 0 Å². The lowest BCUT2D eigenvalue weighted by Gasteiger charge is -2.31. The van der Waals surface area contributed by atoms with E-state index in [1.165, 1.54) is 15.6 Å². The zero-order chi connectivity index (χ0) is 28.4. The summed E-state index contributed by atoms with van der Waals surface area (Å²) in [6.07, 6.45) is 5.59. The highest BCUT2D eigenvalue weighted by molar-refractivity contribution is 7.93. The zero-order valence-corrected chi connectivity index (χ0v) is 24.7. The predicted molar refractivity (Wildman–Crippen MR) is 159 cm³/mol. The van der Waals surface area contributed by atoms with E-state index in [4.69, 9.17) is 23.2 Å². The third kappa shape index (κ3) is 5.80. The lowest BCUT2D eigenvalue weighted by Crippen LogP contribution is -2.50. The number of carbonyl (C=O) groups is 2. The normalized spacial score (nSPS) is 17.1. The van der Waals surface area contributed by atoms with Crippen molar-refractivity contribution in [1.82, 2.24) is 10.2 Å². The quantitative estimate of drug-likeness (QED) is 0.312. The maximum atomic E-state index is 13.6. The van der Waals surface area contributed by atoms with Crippen molar-refractivity contribution >= 4 is 61.5 Å². The van der Waals surface area contributed by atoms with Gasteiger partial charge in [0.25, 0.3) is 10.0 Å². The molecule has 40 heavy (non-hydrogen) atoms. The first-order chi connectivity index (χ1) is 19.2. The van der Waals surface area contributed by atoms with Crippen molar-refractivity contribution in [3.05, 3.63) is 70.2 Å². The smallest absolute Gasteiger partial charge is 0.265 e. The number of hydrogen-bond donors (Lipinski definition) is 1. The second-order valence-electron chi connectivity index (χ2n) is 10.6. The second-order valence-corrected chi connectivity index (χ2v) is 13.3. The van der Waals surface area contributed by atoms with Gasteiger partial charge in [0.2, 0.25) is 11.8 Å². The van der Waals surface area contributed by atoms with Crippen molar-refractivity contribution in [3.63, 3.8) is 0 Å². The molecule has 1 N–H and O–H groups in total. The molecule has 2 aliphatic rings. The van der Waals surface area contributed by atoms with E-state index in [2.05, 4.69) is 5.32 Å². The number of hydrogen-bond acceptors (Lipinski definition) is 4. The Bertz CT molecular complexity index is 1530. The predicted octanol–water partition coefficient (Wildman–Crippen LogP) is 6.30. The topological polar surface area (TPSA) is 86.8 Å². The highest BCUT2D eigenvalue weighted by atomic mass is 35.5. The monoisotopic (exact) mass is 601 g/mol. The minimum atomic E-state index is -3.71. The molecule has 1 unspecified atom stereocenters. The Morgan fingerprint density at radius 2 is 1.77 bits per heavy atom. The van der Waals surface area contributed by atoms with Gasteiger partial charge in [-0.2, -0.15) is 0 Å². The van der Waals surface area contributed by atoms with Crippen molar-refractivity contribution in [2.45, 2.75) is 75.4 Å². The molecule has 3 aromatic carbocycles. The van der Waals surface area contributed by atoms with Crippen LogP contribution in [0, 0.1) is 0 Å². The van der Waals surface area contributed by atoms with Crippen LogP contribution in [0.2, 0.25) is 10.0 Å². The maximum Gasteiger partial charge on any atom is 0.265 e. The molecule has 2 amide bonds. The summed E-state index contributed by atoms with van der Waals surface area (Å²) >= 11 is 12.5. The highest BCUT2D eigenvalue weighted by Crippen LogP contribution is 2.42. The van der Waals surface area contributed by atoms with Crippen molar-refractivity contribution in [2.24, 2.45) is 0 Å². The second kappa shape index (κ2) is 12.0. The van der Waals surface area contributed by atoms with E-state index in [9.17, 15) is 18.0 Å². The van der Waals surface area contributed by atoms with Crippen LogP contribution in [-0.4, -0.2) is 43.8 Å². The number of nitrogens with one attached hydrogen (secondary N) is 1. The molecule has 0 saturated heterocycles. The van der Waals surface area contributed by atoms with Gasteiger partial charge >= 0.3 is 0 Å². The lowest BCUT2D eigenvalue weighted by atomic mass is 9.95. The first-order valence-electron chi connectivity index (χ1n) is 13.7. The number of carbonyl (C=O) groups excluding carboxylic acids is 2. The molecule has 1 aliphatic carbocycles. The molecule has 0 bridgehead atoms. The van der Waals surface area contributed by atoms with Crippen LogP contribution in [0.1, 0.15) is 57.4 Å². The van der Waals surface area contributed by atoms with E-state index < -0.39 is 16.1 Å². The van der Waals surface area contributed by atoms with Gasteiger partial charge in [-0.25, -0.2) is 8.42 Å². The Balaban J connectivity index is 1.31. The summed E-state index contributed by atoms with van der Waals surface area (Å²) in [5.74, 6) is -0.445. The first kappa shape index (κ1) is 28.7. The molecule has 7 nitrogen and oxygen atoms in total. The Hall–Kier alpha value is -2.81. The van der Waals surface area contributed by atoms with Gasteiger partial charge in [0.15, 0.2) is 0 Å². The average Bonchev–Trinajstić information content (AvgIpc) is 3.16. The summed E-state index contributed by atoms with van der Waals surface area (Å²) in [6.45, 7) is 2.02. The Labute approximate surface area is 245 Å². The van der Waals surface area contributed by atoms with E-state index in [1.807, 2.05) is 18.2 Å². The van der Waals surface area contributed by atoms with Gasteiger partial charge < -0.3 is 10.2 Å². The van der Waals surface area contributed by atoms with Crippen LogP contribution in [0.15, 0.2) is 59.5 Å². The molecular formula is C30H33Cl2N3O4S. The molecule has 0 radical (unpaired) electrons. The van der Waals surface area contributed by atoms with Crippen LogP contribution in [0.5, 0.6) is 0 Å². The van der Waals surface area contributed by atoms with Gasteiger partial charge in [-0.15, -0.1) is 0 Å². The van der Waals surface area contributed by atoms with Crippen molar-refractivity contribution < 1.29 is 18.0 Å². The minimum absolute atomic E-state index is 0.0740. The van der Waals surface area contributed by atoms with E-state index in [0.717, 1.165) is 31.1 Å². The largest absolute Gasteiger partial charge is 0.352 e. The first-order valence-corrected chi connectivity index (χ1v) is 15.9. The number of sulfonamides is 1. The van der Waals surface area contributed by atoms with Crippen molar-refractivity contribution in [3.8, 4) is 0 Å². The van der Waals surface area contributed by atoms with Gasteiger partial charge in [-0.3, -0.25) is 13.9 Å². The highest BCUT2D eigenvalue weighted by Gasteiger charge is 2.35. The van der Waals surface area contributed by atoms with E-state index in [0.29, 0.717) is 38.0 Å². The van der Waals surface area contributed by atoms with Crippen LogP contribution in [-0.2, 0) is 26.2 Å². The van der Waals surface area contributed by atoms with Crippen LogP contribution >= 0.6 is 23.2 Å². The molecule has 1 fully saturated rings. The van der Waals surface area contributed by atoms with Crippen LogP contribution in [0.3, 0.4) is 0 Å². The molecule has 5 rings (SSSR count). The van der Waals surface area contributed by atoms with Gasteiger partial charge in [0, 0.05) is 41.0 Å². The van der Waals surface area contributed by atoms with Crippen LogP contribution in [0.4, 0.5) is 5.69 Å². The molecule has 0 aromatic heterocycles. The molecule has 10 heteroatoms. The number of halogens is 2. The summed E-state index contributed by atoms with van der Waals surface area (Å²) in [4.78, 5) is 28.7. The van der Waals surface area contributed by atoms with Gasteiger partial charge in [-0.1, -0.05) is 72.8 Å². The molecule has 0 spiro atoms. The fourth-order valence-electron chi connectivity index (χ4n) is 5.70. The van der Waals surface area contributed by atoms with E-state index in [-0.39, 0.29) is 37.4 Å². The molecule has 3 aromatic rings. The third-order valence-electron chi connectivity index (χ3n) is 7.91. The molecule has 1 saturated carbocycles. The zero-order valence-electron chi connectivity index (χ0n) is 22.4. The Kier molecular flexibility index (Phi) is 8.59. The molecule has 212 valence electrons. The summed E-state index contributed by atoms with van der Waals surface area (Å²) in [6, 6.07) is 15.2. The summed E-state index contributed by atoms with van der Waals surface area (Å²) in [7, 11) is -3.71. The fraction of sp³-hybridized carbons (Fsp3) is 0.400. The SMILES string of the molecule is CC(C(=O)NC1CCCCC1)N(Cc1ccc(Cl)cc1Cl)C(=O)CCCN1c2cccc3cccc(c23)S1(=O)=O. The Morgan fingerprint density at radius 1 is 1.05 bits per heavy atom. The van der Waals surface area contributed by atoms with Crippen LogP contribution in [0.25, 0.3) is 10.8 Å². The number of amides is 2. The van der Waals surface area contributed by atoms with Crippen LogP contribution < -0.4 is 9.62 Å². The number of nitrogens with zero attached hydrogens (tertiary/aromatic N) is 2. The average molecular weight is 603 g/mol. The van der Waals surface area contributed by atoms with Crippen molar-refractivity contribution in [1.29, 1.82) is 0 Å². The Morgan fingerprint density at radius 3 is 2.50 bits per heavy atom. The summed E-state index contributed by atoms with van der Waals surface area (Å²) in [5.41, 5.74) is 1.31. The number of rotatable bonds is 9. The van der Waals surface area contributed by atoms with Gasteiger partial charge in [0.05, 0.1) is 10.6 Å². The molecular weight excluding hydrogens is 569 g/mol. The molecule has 1 atom stereocenters.